The Morgan fingerprint density at radius 3 is 2.65 bits per heavy atom. The van der Waals surface area contributed by atoms with E-state index >= 15 is 0 Å². The highest BCUT2D eigenvalue weighted by atomic mass is 35.5. The van der Waals surface area contributed by atoms with Gasteiger partial charge in [0.1, 0.15) is 0 Å². The molecule has 1 N–H and O–H groups in total. The van der Waals surface area contributed by atoms with E-state index in [-0.39, 0.29) is 6.10 Å². The van der Waals surface area contributed by atoms with Gasteiger partial charge in [-0.3, -0.25) is 0 Å². The van der Waals surface area contributed by atoms with Gasteiger partial charge in [-0.2, -0.15) is 0 Å². The summed E-state index contributed by atoms with van der Waals surface area (Å²) in [6.07, 6.45) is 3.48. The third kappa shape index (κ3) is 6.74. The van der Waals surface area contributed by atoms with E-state index in [0.29, 0.717) is 0 Å². The second kappa shape index (κ2) is 10.2. The molecule has 1 atom stereocenters. The lowest BCUT2D eigenvalue weighted by Gasteiger charge is -2.20. The molecule has 0 saturated heterocycles. The molecule has 3 heteroatoms. The molecule has 0 radical (unpaired) electrons. The van der Waals surface area contributed by atoms with Crippen LogP contribution in [0.3, 0.4) is 0 Å². The Morgan fingerprint density at radius 1 is 1.25 bits per heavy atom. The second-order valence-electron chi connectivity index (χ2n) is 5.62. The fraction of sp³-hybridized carbons (Fsp3) is 0.647. The largest absolute Gasteiger partial charge is 0.372 e. The molecule has 0 bridgehead atoms. The summed E-state index contributed by atoms with van der Waals surface area (Å²) in [4.78, 5) is 0. The number of nitrogens with one attached hydrogen (secondary N) is 1. The smallest absolute Gasteiger partial charge is 0.0963 e. The van der Waals surface area contributed by atoms with E-state index in [1.165, 1.54) is 6.42 Å². The Morgan fingerprint density at radius 2 is 2.00 bits per heavy atom. The van der Waals surface area contributed by atoms with E-state index in [0.717, 1.165) is 49.0 Å². The van der Waals surface area contributed by atoms with E-state index in [1.807, 2.05) is 18.2 Å². The quantitative estimate of drug-likeness (QED) is 0.624. The fourth-order valence-electron chi connectivity index (χ4n) is 2.12. The summed E-state index contributed by atoms with van der Waals surface area (Å²) in [6, 6.07) is 7.97. The molecule has 0 fully saturated rings. The minimum Gasteiger partial charge on any atom is -0.372 e. The molecule has 1 aromatic carbocycles. The van der Waals surface area contributed by atoms with Gasteiger partial charge in [0.25, 0.3) is 0 Å². The van der Waals surface area contributed by atoms with Crippen molar-refractivity contribution in [1.82, 2.24) is 5.32 Å². The highest BCUT2D eigenvalue weighted by Gasteiger charge is 2.14. The van der Waals surface area contributed by atoms with Crippen LogP contribution in [0.15, 0.2) is 24.3 Å². The van der Waals surface area contributed by atoms with Crippen molar-refractivity contribution in [1.29, 1.82) is 0 Å². The standard InChI is InChI=1S/C17H28ClNO/c1-4-11-19-13-17(20-12-7-8-14(2)3)15-9-5-6-10-16(15)18/h5-6,9-10,14,17,19H,4,7-8,11-13H2,1-3H3. The normalized spacial score (nSPS) is 12.8. The third-order valence-electron chi connectivity index (χ3n) is 3.25. The van der Waals surface area contributed by atoms with Crippen molar-refractivity contribution in [3.8, 4) is 0 Å². The summed E-state index contributed by atoms with van der Waals surface area (Å²) in [6.45, 7) is 9.28. The van der Waals surface area contributed by atoms with Gasteiger partial charge in [0.05, 0.1) is 6.10 Å². The first kappa shape index (κ1) is 17.5. The third-order valence-corrected chi connectivity index (χ3v) is 3.60. The van der Waals surface area contributed by atoms with Gasteiger partial charge in [-0.05, 0) is 37.8 Å². The van der Waals surface area contributed by atoms with Crippen LogP contribution < -0.4 is 5.32 Å². The Bertz CT molecular complexity index is 368. The summed E-state index contributed by atoms with van der Waals surface area (Å²) in [5, 5.41) is 4.22. The van der Waals surface area contributed by atoms with Crippen molar-refractivity contribution in [2.75, 3.05) is 19.7 Å². The predicted octanol–water partition coefficient (Wildman–Crippen LogP) is 4.83. The maximum absolute atomic E-state index is 6.29. The molecule has 0 amide bonds. The van der Waals surface area contributed by atoms with E-state index in [4.69, 9.17) is 16.3 Å². The number of rotatable bonds is 10. The Balaban J connectivity index is 2.54. The molecule has 0 aliphatic carbocycles. The predicted molar refractivity (Wildman–Crippen MR) is 87.4 cm³/mol. The first-order valence-corrected chi connectivity index (χ1v) is 8.09. The lowest BCUT2D eigenvalue weighted by atomic mass is 10.1. The zero-order chi connectivity index (χ0) is 14.8. The fourth-order valence-corrected chi connectivity index (χ4v) is 2.38. The van der Waals surface area contributed by atoms with Crippen LogP contribution in [0.1, 0.15) is 51.7 Å². The van der Waals surface area contributed by atoms with Gasteiger partial charge in [0.2, 0.25) is 0 Å². The van der Waals surface area contributed by atoms with Crippen LogP contribution >= 0.6 is 11.6 Å². The monoisotopic (exact) mass is 297 g/mol. The van der Waals surface area contributed by atoms with Crippen LogP contribution in [0.2, 0.25) is 5.02 Å². The van der Waals surface area contributed by atoms with Gasteiger partial charge in [-0.25, -0.2) is 0 Å². The van der Waals surface area contributed by atoms with E-state index < -0.39 is 0 Å². The van der Waals surface area contributed by atoms with Crippen molar-refractivity contribution in [3.05, 3.63) is 34.9 Å². The van der Waals surface area contributed by atoms with Crippen LogP contribution in [0.25, 0.3) is 0 Å². The maximum Gasteiger partial charge on any atom is 0.0963 e. The van der Waals surface area contributed by atoms with Crippen LogP contribution in [0, 0.1) is 5.92 Å². The summed E-state index contributed by atoms with van der Waals surface area (Å²) in [5.41, 5.74) is 1.09. The summed E-state index contributed by atoms with van der Waals surface area (Å²) < 4.78 is 6.06. The van der Waals surface area contributed by atoms with Crippen LogP contribution in [-0.4, -0.2) is 19.7 Å². The van der Waals surface area contributed by atoms with E-state index in [2.05, 4.69) is 32.2 Å². The lowest BCUT2D eigenvalue weighted by Crippen LogP contribution is -2.24. The highest BCUT2D eigenvalue weighted by molar-refractivity contribution is 6.31. The molecule has 0 aromatic heterocycles. The molecular weight excluding hydrogens is 270 g/mol. The molecule has 20 heavy (non-hydrogen) atoms. The zero-order valence-electron chi connectivity index (χ0n) is 13.0. The van der Waals surface area contributed by atoms with Crippen LogP contribution in [0.4, 0.5) is 0 Å². The first-order chi connectivity index (χ1) is 9.65. The average molecular weight is 298 g/mol. The molecule has 114 valence electrons. The highest BCUT2D eigenvalue weighted by Crippen LogP contribution is 2.25. The van der Waals surface area contributed by atoms with Crippen molar-refractivity contribution in [3.63, 3.8) is 0 Å². The number of hydrogen-bond donors (Lipinski definition) is 1. The molecule has 0 spiro atoms. The molecular formula is C17H28ClNO. The summed E-state index contributed by atoms with van der Waals surface area (Å²) in [5.74, 6) is 0.732. The average Bonchev–Trinajstić information content (AvgIpc) is 2.42. The minimum atomic E-state index is 0.0439. The van der Waals surface area contributed by atoms with Gasteiger partial charge in [0.15, 0.2) is 0 Å². The maximum atomic E-state index is 6.29. The van der Waals surface area contributed by atoms with Crippen LogP contribution in [0.5, 0.6) is 0 Å². The lowest BCUT2D eigenvalue weighted by molar-refractivity contribution is 0.0489. The van der Waals surface area contributed by atoms with Gasteiger partial charge < -0.3 is 10.1 Å². The Hall–Kier alpha value is -0.570. The molecule has 0 saturated carbocycles. The molecule has 0 aliphatic rings. The SMILES string of the molecule is CCCNCC(OCCCC(C)C)c1ccccc1Cl. The second-order valence-corrected chi connectivity index (χ2v) is 6.03. The zero-order valence-corrected chi connectivity index (χ0v) is 13.7. The van der Waals surface area contributed by atoms with Crippen LogP contribution in [-0.2, 0) is 4.74 Å². The van der Waals surface area contributed by atoms with Gasteiger partial charge in [-0.1, -0.05) is 50.6 Å². The van der Waals surface area contributed by atoms with Gasteiger partial charge >= 0.3 is 0 Å². The number of benzene rings is 1. The molecule has 1 unspecified atom stereocenters. The Kier molecular flexibility index (Phi) is 8.92. The molecule has 1 aromatic rings. The van der Waals surface area contributed by atoms with E-state index in [1.54, 1.807) is 0 Å². The van der Waals surface area contributed by atoms with Gasteiger partial charge in [-0.15, -0.1) is 0 Å². The van der Waals surface area contributed by atoms with Crippen molar-refractivity contribution in [2.45, 2.75) is 46.1 Å². The summed E-state index contributed by atoms with van der Waals surface area (Å²) in [7, 11) is 0. The first-order valence-electron chi connectivity index (χ1n) is 7.71. The van der Waals surface area contributed by atoms with Crippen molar-refractivity contribution >= 4 is 11.6 Å². The van der Waals surface area contributed by atoms with E-state index in [9.17, 15) is 0 Å². The molecule has 0 heterocycles. The number of halogens is 1. The van der Waals surface area contributed by atoms with Crippen molar-refractivity contribution in [2.24, 2.45) is 5.92 Å². The summed E-state index contributed by atoms with van der Waals surface area (Å²) >= 11 is 6.29. The minimum absolute atomic E-state index is 0.0439. The van der Waals surface area contributed by atoms with Gasteiger partial charge in [0, 0.05) is 23.7 Å². The molecule has 2 nitrogen and oxygen atoms in total. The van der Waals surface area contributed by atoms with Crippen molar-refractivity contribution < 1.29 is 4.74 Å². The number of ether oxygens (including phenoxy) is 1. The topological polar surface area (TPSA) is 21.3 Å². The Labute approximate surface area is 128 Å². The molecule has 0 aliphatic heterocycles. The number of hydrogen-bond acceptors (Lipinski definition) is 2. The molecule has 1 rings (SSSR count).